The summed E-state index contributed by atoms with van der Waals surface area (Å²) in [5.74, 6) is 1.63. The lowest BCUT2D eigenvalue weighted by Gasteiger charge is -2.06. The maximum atomic E-state index is 12.7. The summed E-state index contributed by atoms with van der Waals surface area (Å²) >= 11 is 3.43. The number of hydrogen-bond donors (Lipinski definition) is 0. The minimum absolute atomic E-state index is 0.287. The summed E-state index contributed by atoms with van der Waals surface area (Å²) in [5, 5.41) is 0.975. The smallest absolute Gasteiger partial charge is 0.416 e. The van der Waals surface area contributed by atoms with Gasteiger partial charge in [0.25, 0.3) is 0 Å². The van der Waals surface area contributed by atoms with Crippen molar-refractivity contribution in [1.29, 1.82) is 0 Å². The molecule has 4 rings (SSSR count). The molecule has 0 saturated carbocycles. The Morgan fingerprint density at radius 2 is 1.74 bits per heavy atom. The Morgan fingerprint density at radius 3 is 2.44 bits per heavy atom. The first-order valence-corrected chi connectivity index (χ1v) is 8.91. The van der Waals surface area contributed by atoms with Gasteiger partial charge >= 0.3 is 6.18 Å². The molecule has 0 aliphatic heterocycles. The Hall–Kier alpha value is -2.54. The molecule has 0 saturated heterocycles. The van der Waals surface area contributed by atoms with E-state index in [0.717, 1.165) is 33.3 Å². The van der Waals surface area contributed by atoms with Gasteiger partial charge in [-0.25, -0.2) is 4.98 Å². The Morgan fingerprint density at radius 1 is 1.00 bits per heavy atom. The van der Waals surface area contributed by atoms with Gasteiger partial charge in [0.1, 0.15) is 17.1 Å². The number of hydrogen-bond acceptors (Lipinski definition) is 3. The van der Waals surface area contributed by atoms with Gasteiger partial charge in [-0.3, -0.25) is 0 Å². The second kappa shape index (κ2) is 6.56. The number of oxazole rings is 1. The Labute approximate surface area is 160 Å². The van der Waals surface area contributed by atoms with Crippen LogP contribution in [0.25, 0.3) is 22.4 Å². The first kappa shape index (κ1) is 17.9. The summed E-state index contributed by atoms with van der Waals surface area (Å²) in [6.07, 6.45) is -3.94. The van der Waals surface area contributed by atoms with Crippen molar-refractivity contribution in [3.05, 3.63) is 75.8 Å². The van der Waals surface area contributed by atoms with Gasteiger partial charge in [-0.2, -0.15) is 13.2 Å². The second-order valence-corrected chi connectivity index (χ2v) is 7.08. The number of benzene rings is 2. The third-order valence-corrected chi connectivity index (χ3v) is 4.72. The number of fused-ring (bicyclic) bond motifs is 1. The zero-order valence-corrected chi connectivity index (χ0v) is 15.7. The summed E-state index contributed by atoms with van der Waals surface area (Å²) in [4.78, 5) is 4.44. The average molecular weight is 436 g/mol. The molecule has 0 N–H and O–H groups in total. The summed E-state index contributed by atoms with van der Waals surface area (Å²) < 4.78 is 50.5. The zero-order valence-electron chi connectivity index (χ0n) is 14.1. The van der Waals surface area contributed by atoms with Crippen molar-refractivity contribution in [2.24, 2.45) is 0 Å². The van der Waals surface area contributed by atoms with E-state index in [9.17, 15) is 13.2 Å². The maximum absolute atomic E-state index is 12.7. The molecule has 0 fully saturated rings. The highest BCUT2D eigenvalue weighted by molar-refractivity contribution is 9.10. The number of aryl methyl sites for hydroxylation is 1. The van der Waals surface area contributed by atoms with E-state index < -0.39 is 11.7 Å². The van der Waals surface area contributed by atoms with Crippen LogP contribution in [0.4, 0.5) is 13.2 Å². The van der Waals surface area contributed by atoms with Crippen LogP contribution < -0.4 is 0 Å². The van der Waals surface area contributed by atoms with Crippen molar-refractivity contribution in [3.63, 3.8) is 0 Å². The summed E-state index contributed by atoms with van der Waals surface area (Å²) in [6, 6.07) is 12.4. The molecule has 2 aromatic heterocycles. The molecule has 2 heterocycles. The summed E-state index contributed by atoms with van der Waals surface area (Å²) in [5.41, 5.74) is 1.24. The molecule has 0 aliphatic rings. The van der Waals surface area contributed by atoms with Crippen molar-refractivity contribution in [3.8, 4) is 11.5 Å². The highest BCUT2D eigenvalue weighted by Crippen LogP contribution is 2.32. The Bertz CT molecular complexity index is 1110. The molecule has 0 bridgehead atoms. The Balaban J connectivity index is 1.60. The van der Waals surface area contributed by atoms with Gasteiger partial charge in [0.05, 0.1) is 17.7 Å². The number of alkyl halides is 3. The van der Waals surface area contributed by atoms with Crippen LogP contribution in [0.5, 0.6) is 0 Å². The molecular weight excluding hydrogens is 423 g/mol. The van der Waals surface area contributed by atoms with Crippen molar-refractivity contribution in [1.82, 2.24) is 4.98 Å². The largest absolute Gasteiger partial charge is 0.461 e. The van der Waals surface area contributed by atoms with Gasteiger partial charge in [0.15, 0.2) is 0 Å². The monoisotopic (exact) mass is 435 g/mol. The SMILES string of the molecule is Cc1oc(-c2ccc(C(F)(F)F)cc2)nc1Cc1cc2cc(Br)ccc2o1. The van der Waals surface area contributed by atoms with Crippen LogP contribution in [0.3, 0.4) is 0 Å². The standard InChI is InChI=1S/C20H13BrF3NO2/c1-11-17(10-16-9-13-8-15(21)6-7-18(13)27-16)25-19(26-11)12-2-4-14(5-3-12)20(22,23)24/h2-9H,10H2,1H3. The topological polar surface area (TPSA) is 39.2 Å². The van der Waals surface area contributed by atoms with Crippen molar-refractivity contribution >= 4 is 26.9 Å². The number of aromatic nitrogens is 1. The van der Waals surface area contributed by atoms with E-state index >= 15 is 0 Å². The third kappa shape index (κ3) is 3.64. The second-order valence-electron chi connectivity index (χ2n) is 6.17. The quantitative estimate of drug-likeness (QED) is 0.356. The van der Waals surface area contributed by atoms with Gasteiger partial charge in [-0.05, 0) is 55.5 Å². The minimum atomic E-state index is -4.37. The fraction of sp³-hybridized carbons (Fsp3) is 0.150. The van der Waals surface area contributed by atoms with Gasteiger partial charge in [-0.15, -0.1) is 0 Å². The van der Waals surface area contributed by atoms with Crippen LogP contribution in [0.1, 0.15) is 22.8 Å². The lowest BCUT2D eigenvalue weighted by Crippen LogP contribution is -2.03. The van der Waals surface area contributed by atoms with Crippen LogP contribution in [0.2, 0.25) is 0 Å². The highest BCUT2D eigenvalue weighted by atomic mass is 79.9. The number of nitrogens with zero attached hydrogens (tertiary/aromatic N) is 1. The molecule has 0 amide bonds. The van der Waals surface area contributed by atoms with E-state index in [-0.39, 0.29) is 5.89 Å². The van der Waals surface area contributed by atoms with Crippen LogP contribution in [-0.2, 0) is 12.6 Å². The molecular formula is C20H13BrF3NO2. The Kier molecular flexibility index (Phi) is 4.34. The van der Waals surface area contributed by atoms with Crippen molar-refractivity contribution < 1.29 is 22.0 Å². The molecule has 138 valence electrons. The first-order chi connectivity index (χ1) is 12.8. The number of rotatable bonds is 3. The molecule has 0 radical (unpaired) electrons. The third-order valence-electron chi connectivity index (χ3n) is 4.22. The van der Waals surface area contributed by atoms with Crippen LogP contribution in [0.15, 0.2) is 61.8 Å². The van der Waals surface area contributed by atoms with E-state index in [1.54, 1.807) is 6.92 Å². The fourth-order valence-corrected chi connectivity index (χ4v) is 3.22. The predicted molar refractivity (Wildman–Crippen MR) is 98.4 cm³/mol. The molecule has 27 heavy (non-hydrogen) atoms. The zero-order chi connectivity index (χ0) is 19.2. The van der Waals surface area contributed by atoms with Gasteiger partial charge in [0.2, 0.25) is 5.89 Å². The van der Waals surface area contributed by atoms with Gasteiger partial charge < -0.3 is 8.83 Å². The van der Waals surface area contributed by atoms with E-state index in [0.29, 0.717) is 23.4 Å². The predicted octanol–water partition coefficient (Wildman–Crippen LogP) is 6.77. The van der Waals surface area contributed by atoms with Gasteiger partial charge in [-0.1, -0.05) is 15.9 Å². The van der Waals surface area contributed by atoms with E-state index in [1.807, 2.05) is 24.3 Å². The van der Waals surface area contributed by atoms with E-state index in [2.05, 4.69) is 20.9 Å². The van der Waals surface area contributed by atoms with E-state index in [4.69, 9.17) is 8.83 Å². The van der Waals surface area contributed by atoms with E-state index in [1.165, 1.54) is 12.1 Å². The molecule has 0 aliphatic carbocycles. The molecule has 0 atom stereocenters. The maximum Gasteiger partial charge on any atom is 0.416 e. The molecule has 0 spiro atoms. The highest BCUT2D eigenvalue weighted by Gasteiger charge is 2.30. The molecule has 0 unspecified atom stereocenters. The molecule has 7 heteroatoms. The minimum Gasteiger partial charge on any atom is -0.461 e. The lowest BCUT2D eigenvalue weighted by molar-refractivity contribution is -0.137. The number of furan rings is 1. The van der Waals surface area contributed by atoms with Crippen LogP contribution >= 0.6 is 15.9 Å². The molecule has 2 aromatic carbocycles. The first-order valence-electron chi connectivity index (χ1n) is 8.11. The lowest BCUT2D eigenvalue weighted by atomic mass is 10.1. The number of halogens is 4. The molecule has 4 aromatic rings. The molecule has 3 nitrogen and oxygen atoms in total. The van der Waals surface area contributed by atoms with Crippen LogP contribution in [0, 0.1) is 6.92 Å². The van der Waals surface area contributed by atoms with Crippen molar-refractivity contribution in [2.75, 3.05) is 0 Å². The average Bonchev–Trinajstić information content (AvgIpc) is 3.17. The van der Waals surface area contributed by atoms with Crippen LogP contribution in [-0.4, -0.2) is 4.98 Å². The van der Waals surface area contributed by atoms with Crippen molar-refractivity contribution in [2.45, 2.75) is 19.5 Å². The summed E-state index contributed by atoms with van der Waals surface area (Å²) in [7, 11) is 0. The van der Waals surface area contributed by atoms with Gasteiger partial charge in [0, 0.05) is 15.4 Å². The summed E-state index contributed by atoms with van der Waals surface area (Å²) in [6.45, 7) is 1.77. The fourth-order valence-electron chi connectivity index (χ4n) is 2.84. The normalized spacial score (nSPS) is 12.0.